The lowest BCUT2D eigenvalue weighted by molar-refractivity contribution is 0.0165. The van der Waals surface area contributed by atoms with Crippen LogP contribution in [0.5, 0.6) is 5.75 Å². The second kappa shape index (κ2) is 9.81. The number of amides is 2. The van der Waals surface area contributed by atoms with Gasteiger partial charge in [-0.15, -0.1) is 0 Å². The molecule has 1 fully saturated rings. The van der Waals surface area contributed by atoms with Gasteiger partial charge in [0.15, 0.2) is 0 Å². The van der Waals surface area contributed by atoms with Crippen LogP contribution < -0.4 is 10.1 Å². The molecular formula is C24H31N3O4. The third-order valence-corrected chi connectivity index (χ3v) is 5.16. The summed E-state index contributed by atoms with van der Waals surface area (Å²) in [5.41, 5.74) is 1.90. The Hall–Kier alpha value is -3.09. The van der Waals surface area contributed by atoms with Crippen LogP contribution in [-0.4, -0.2) is 54.2 Å². The lowest BCUT2D eigenvalue weighted by Gasteiger charge is -2.33. The molecule has 1 saturated heterocycles. The molecule has 0 atom stereocenters. The van der Waals surface area contributed by atoms with Gasteiger partial charge in [0, 0.05) is 31.3 Å². The van der Waals surface area contributed by atoms with Crippen molar-refractivity contribution >= 4 is 12.0 Å². The number of nitrogens with zero attached hydrogens (tertiary/aromatic N) is 2. The van der Waals surface area contributed by atoms with Gasteiger partial charge < -0.3 is 19.7 Å². The average molecular weight is 426 g/mol. The van der Waals surface area contributed by atoms with Gasteiger partial charge in [-0.05, 0) is 63.8 Å². The number of nitrogens with one attached hydrogen (secondary N) is 1. The van der Waals surface area contributed by atoms with Gasteiger partial charge in [0.25, 0.3) is 5.91 Å². The van der Waals surface area contributed by atoms with Crippen LogP contribution in [-0.2, 0) is 4.74 Å². The normalized spacial score (nSPS) is 14.8. The van der Waals surface area contributed by atoms with Crippen LogP contribution in [0.3, 0.4) is 0 Å². The maximum absolute atomic E-state index is 12.2. The number of aromatic nitrogens is 1. The number of rotatable bonds is 5. The molecule has 166 valence electrons. The molecule has 3 rings (SSSR count). The van der Waals surface area contributed by atoms with Crippen LogP contribution in [0.15, 0.2) is 42.6 Å². The quantitative estimate of drug-likeness (QED) is 0.779. The Morgan fingerprint density at radius 2 is 1.77 bits per heavy atom. The fourth-order valence-corrected chi connectivity index (χ4v) is 3.40. The van der Waals surface area contributed by atoms with E-state index in [2.05, 4.69) is 10.3 Å². The molecule has 2 aromatic rings. The predicted octanol–water partition coefficient (Wildman–Crippen LogP) is 4.13. The smallest absolute Gasteiger partial charge is 0.410 e. The maximum Gasteiger partial charge on any atom is 0.410 e. The van der Waals surface area contributed by atoms with E-state index in [1.807, 2.05) is 45.0 Å². The molecule has 0 spiro atoms. The molecule has 0 unspecified atom stereocenters. The molecule has 7 nitrogen and oxygen atoms in total. The van der Waals surface area contributed by atoms with Gasteiger partial charge in [0.05, 0.1) is 18.5 Å². The molecule has 1 N–H and O–H groups in total. The van der Waals surface area contributed by atoms with Crippen LogP contribution in [0.2, 0.25) is 0 Å². The first-order chi connectivity index (χ1) is 14.7. The van der Waals surface area contributed by atoms with Gasteiger partial charge in [-0.25, -0.2) is 4.79 Å². The Morgan fingerprint density at radius 1 is 1.10 bits per heavy atom. The average Bonchev–Trinajstić information content (AvgIpc) is 2.77. The predicted molar refractivity (Wildman–Crippen MR) is 119 cm³/mol. The molecule has 1 aromatic carbocycles. The van der Waals surface area contributed by atoms with Crippen molar-refractivity contribution in [2.24, 2.45) is 5.92 Å². The van der Waals surface area contributed by atoms with Gasteiger partial charge in [-0.2, -0.15) is 0 Å². The van der Waals surface area contributed by atoms with Crippen LogP contribution in [0.1, 0.15) is 44.0 Å². The van der Waals surface area contributed by atoms with E-state index in [0.717, 1.165) is 29.8 Å². The van der Waals surface area contributed by atoms with E-state index in [0.29, 0.717) is 31.2 Å². The second-order valence-corrected chi connectivity index (χ2v) is 8.76. The van der Waals surface area contributed by atoms with Crippen molar-refractivity contribution in [1.29, 1.82) is 0 Å². The van der Waals surface area contributed by atoms with E-state index in [1.165, 1.54) is 0 Å². The summed E-state index contributed by atoms with van der Waals surface area (Å²) in [6, 6.07) is 11.1. The topological polar surface area (TPSA) is 80.8 Å². The Balaban J connectivity index is 1.47. The fourth-order valence-electron chi connectivity index (χ4n) is 3.40. The lowest BCUT2D eigenvalue weighted by atomic mass is 9.98. The first-order valence-electron chi connectivity index (χ1n) is 10.6. The minimum absolute atomic E-state index is 0.111. The standard InChI is InChI=1S/C24H31N3O4/c1-24(2,3)31-23(29)27-13-11-17(12-14-27)16-30-20-9-10-21(26-15-20)18-5-7-19(8-6-18)22(28)25-4/h5-10,15,17H,11-14,16H2,1-4H3,(H,25,28). The van der Waals surface area contributed by atoms with Crippen molar-refractivity contribution in [2.45, 2.75) is 39.2 Å². The van der Waals surface area contributed by atoms with Crippen molar-refractivity contribution in [3.05, 3.63) is 48.2 Å². The van der Waals surface area contributed by atoms with E-state index in [9.17, 15) is 9.59 Å². The number of piperidine rings is 1. The molecule has 2 amide bonds. The Kier molecular flexibility index (Phi) is 7.15. The number of hydrogen-bond donors (Lipinski definition) is 1. The van der Waals surface area contributed by atoms with Gasteiger partial charge >= 0.3 is 6.09 Å². The first kappa shape index (κ1) is 22.6. The van der Waals surface area contributed by atoms with Gasteiger partial charge in [0.1, 0.15) is 11.4 Å². The van der Waals surface area contributed by atoms with Crippen molar-refractivity contribution in [2.75, 3.05) is 26.7 Å². The highest BCUT2D eigenvalue weighted by Gasteiger charge is 2.27. The highest BCUT2D eigenvalue weighted by Crippen LogP contribution is 2.23. The molecule has 7 heteroatoms. The molecule has 0 radical (unpaired) electrons. The summed E-state index contributed by atoms with van der Waals surface area (Å²) in [6.45, 7) is 7.61. The second-order valence-electron chi connectivity index (χ2n) is 8.76. The number of hydrogen-bond acceptors (Lipinski definition) is 5. The monoisotopic (exact) mass is 425 g/mol. The van der Waals surface area contributed by atoms with Gasteiger partial charge in [0.2, 0.25) is 0 Å². The van der Waals surface area contributed by atoms with E-state index in [1.54, 1.807) is 30.3 Å². The first-order valence-corrected chi connectivity index (χ1v) is 10.6. The number of benzene rings is 1. The van der Waals surface area contributed by atoms with E-state index in [-0.39, 0.29) is 12.0 Å². The maximum atomic E-state index is 12.2. The molecule has 1 aliphatic rings. The number of carbonyl (C=O) groups is 2. The molecule has 0 saturated carbocycles. The van der Waals surface area contributed by atoms with Crippen LogP contribution in [0.25, 0.3) is 11.3 Å². The Bertz CT molecular complexity index is 881. The zero-order chi connectivity index (χ0) is 22.4. The van der Waals surface area contributed by atoms with E-state index in [4.69, 9.17) is 9.47 Å². The summed E-state index contributed by atoms with van der Waals surface area (Å²) in [6.07, 6.45) is 3.26. The largest absolute Gasteiger partial charge is 0.492 e. The summed E-state index contributed by atoms with van der Waals surface area (Å²) in [5, 5.41) is 2.61. The SMILES string of the molecule is CNC(=O)c1ccc(-c2ccc(OCC3CCN(C(=O)OC(C)(C)C)CC3)cn2)cc1. The van der Waals surface area contributed by atoms with Crippen LogP contribution in [0.4, 0.5) is 4.79 Å². The minimum Gasteiger partial charge on any atom is -0.492 e. The molecule has 0 aliphatic carbocycles. The van der Waals surface area contributed by atoms with Crippen molar-refractivity contribution in [3.8, 4) is 17.0 Å². The summed E-state index contributed by atoms with van der Waals surface area (Å²) in [7, 11) is 1.61. The van der Waals surface area contributed by atoms with Gasteiger partial charge in [-0.1, -0.05) is 12.1 Å². The third kappa shape index (κ3) is 6.44. The Morgan fingerprint density at radius 3 is 2.32 bits per heavy atom. The molecule has 1 aromatic heterocycles. The molecule has 1 aliphatic heterocycles. The van der Waals surface area contributed by atoms with E-state index >= 15 is 0 Å². The molecule has 0 bridgehead atoms. The van der Waals surface area contributed by atoms with Crippen LogP contribution in [0, 0.1) is 5.92 Å². The number of ether oxygens (including phenoxy) is 2. The molecular weight excluding hydrogens is 394 g/mol. The number of likely N-dealkylation sites (tertiary alicyclic amines) is 1. The minimum atomic E-state index is -0.470. The number of pyridine rings is 1. The van der Waals surface area contributed by atoms with Crippen molar-refractivity contribution in [1.82, 2.24) is 15.2 Å². The zero-order valence-electron chi connectivity index (χ0n) is 18.7. The van der Waals surface area contributed by atoms with Crippen molar-refractivity contribution < 1.29 is 19.1 Å². The summed E-state index contributed by atoms with van der Waals surface area (Å²) in [4.78, 5) is 30.1. The molecule has 31 heavy (non-hydrogen) atoms. The summed E-state index contributed by atoms with van der Waals surface area (Å²) in [5.74, 6) is 1.01. The summed E-state index contributed by atoms with van der Waals surface area (Å²) >= 11 is 0. The van der Waals surface area contributed by atoms with Crippen LogP contribution >= 0.6 is 0 Å². The zero-order valence-corrected chi connectivity index (χ0v) is 18.7. The van der Waals surface area contributed by atoms with Crippen molar-refractivity contribution in [3.63, 3.8) is 0 Å². The third-order valence-electron chi connectivity index (χ3n) is 5.16. The van der Waals surface area contributed by atoms with Gasteiger partial charge in [-0.3, -0.25) is 9.78 Å². The van der Waals surface area contributed by atoms with E-state index < -0.39 is 5.60 Å². The molecule has 2 heterocycles. The lowest BCUT2D eigenvalue weighted by Crippen LogP contribution is -2.42. The fraction of sp³-hybridized carbons (Fsp3) is 0.458. The summed E-state index contributed by atoms with van der Waals surface area (Å²) < 4.78 is 11.4. The highest BCUT2D eigenvalue weighted by atomic mass is 16.6. The highest BCUT2D eigenvalue weighted by molar-refractivity contribution is 5.94. The number of carbonyl (C=O) groups excluding carboxylic acids is 2. The Labute approximate surface area is 183 Å².